The smallest absolute Gasteiger partial charge is 0.115 e. The molecule has 0 amide bonds. The van der Waals surface area contributed by atoms with Crippen LogP contribution < -0.4 is 0 Å². The molecule has 0 atom stereocenters. The van der Waals surface area contributed by atoms with E-state index in [9.17, 15) is 0 Å². The monoisotopic (exact) mass is 234 g/mol. The van der Waals surface area contributed by atoms with Crippen LogP contribution in [0.1, 0.15) is 16.8 Å². The lowest BCUT2D eigenvalue weighted by molar-refractivity contribution is 0.319. The zero-order chi connectivity index (χ0) is 11.5. The van der Waals surface area contributed by atoms with Crippen molar-refractivity contribution in [1.29, 1.82) is 0 Å². The first-order valence-corrected chi connectivity index (χ1v) is 5.46. The van der Waals surface area contributed by atoms with E-state index in [4.69, 9.17) is 5.21 Å². The van der Waals surface area contributed by atoms with E-state index in [2.05, 4.69) is 20.1 Å². The molecule has 0 aromatic carbocycles. The molecule has 0 aliphatic rings. The fourth-order valence-corrected chi connectivity index (χ4v) is 2.22. The minimum Gasteiger partial charge on any atom is -0.411 e. The molecule has 0 aliphatic heterocycles. The third-order valence-electron chi connectivity index (χ3n) is 2.05. The van der Waals surface area contributed by atoms with Crippen molar-refractivity contribution in [3.8, 4) is 11.3 Å². The number of hydrogen-bond acceptors (Lipinski definition) is 6. The molecule has 0 bridgehead atoms. The van der Waals surface area contributed by atoms with Gasteiger partial charge in [-0.15, -0.1) is 11.3 Å². The van der Waals surface area contributed by atoms with Gasteiger partial charge >= 0.3 is 0 Å². The van der Waals surface area contributed by atoms with E-state index >= 15 is 0 Å². The summed E-state index contributed by atoms with van der Waals surface area (Å²) >= 11 is 1.48. The molecule has 6 heteroatoms. The van der Waals surface area contributed by atoms with Crippen LogP contribution >= 0.6 is 11.3 Å². The van der Waals surface area contributed by atoms with Crippen LogP contribution in [0, 0.1) is 6.92 Å². The highest BCUT2D eigenvalue weighted by atomic mass is 32.1. The Kier molecular flexibility index (Phi) is 2.91. The van der Waals surface area contributed by atoms with Gasteiger partial charge in [0.1, 0.15) is 6.33 Å². The van der Waals surface area contributed by atoms with E-state index in [1.165, 1.54) is 17.7 Å². The molecule has 2 heterocycles. The van der Waals surface area contributed by atoms with Crippen molar-refractivity contribution >= 4 is 17.0 Å². The Bertz CT molecular complexity index is 521. The second-order valence-corrected chi connectivity index (χ2v) is 4.43. The summed E-state index contributed by atoms with van der Waals surface area (Å²) in [6, 6.07) is 0. The maximum absolute atomic E-state index is 8.80. The van der Waals surface area contributed by atoms with Crippen LogP contribution in [-0.2, 0) is 0 Å². The van der Waals surface area contributed by atoms with Crippen LogP contribution in [0.25, 0.3) is 11.3 Å². The molecule has 82 valence electrons. The number of hydrogen-bond donors (Lipinski definition) is 1. The van der Waals surface area contributed by atoms with Gasteiger partial charge in [0.15, 0.2) is 0 Å². The number of oxime groups is 1. The first-order valence-electron chi connectivity index (χ1n) is 4.64. The number of thiazole rings is 1. The highest BCUT2D eigenvalue weighted by Crippen LogP contribution is 2.27. The van der Waals surface area contributed by atoms with Gasteiger partial charge in [-0.2, -0.15) is 0 Å². The van der Waals surface area contributed by atoms with Gasteiger partial charge in [0, 0.05) is 18.0 Å². The van der Waals surface area contributed by atoms with Crippen molar-refractivity contribution in [2.45, 2.75) is 13.8 Å². The Morgan fingerprint density at radius 3 is 2.69 bits per heavy atom. The summed E-state index contributed by atoms with van der Waals surface area (Å²) in [7, 11) is 0. The molecule has 0 spiro atoms. The van der Waals surface area contributed by atoms with Gasteiger partial charge in [-0.1, -0.05) is 5.16 Å². The summed E-state index contributed by atoms with van der Waals surface area (Å²) in [5.41, 5.74) is 2.13. The van der Waals surface area contributed by atoms with E-state index in [0.717, 1.165) is 21.1 Å². The molecule has 16 heavy (non-hydrogen) atoms. The number of aromatic nitrogens is 3. The Labute approximate surface area is 96.5 Å². The lowest BCUT2D eigenvalue weighted by Crippen LogP contribution is -1.94. The van der Waals surface area contributed by atoms with Crippen LogP contribution in [0.3, 0.4) is 0 Å². The van der Waals surface area contributed by atoms with E-state index in [-0.39, 0.29) is 0 Å². The molecule has 0 fully saturated rings. The molecule has 0 saturated heterocycles. The molecule has 0 aliphatic carbocycles. The summed E-state index contributed by atoms with van der Waals surface area (Å²) in [6.07, 6.45) is 4.85. The summed E-state index contributed by atoms with van der Waals surface area (Å²) in [6.45, 7) is 3.65. The van der Waals surface area contributed by atoms with Gasteiger partial charge in [-0.05, 0) is 13.8 Å². The normalized spacial score (nSPS) is 11.8. The first-order chi connectivity index (χ1) is 7.72. The summed E-state index contributed by atoms with van der Waals surface area (Å²) in [5.74, 6) is 0. The van der Waals surface area contributed by atoms with Crippen molar-refractivity contribution < 1.29 is 5.21 Å². The van der Waals surface area contributed by atoms with Crippen LogP contribution in [-0.4, -0.2) is 25.9 Å². The number of nitrogens with zero attached hydrogens (tertiary/aromatic N) is 4. The van der Waals surface area contributed by atoms with Crippen molar-refractivity contribution in [1.82, 2.24) is 15.0 Å². The second-order valence-electron chi connectivity index (χ2n) is 3.22. The standard InChI is InChI=1S/C10H10N4OS/c1-6(14-15)10-9(13-7(2)16-10)8-3-11-5-12-4-8/h3-5,15H,1-2H3/b14-6+. The number of rotatable bonds is 2. The third kappa shape index (κ3) is 1.92. The van der Waals surface area contributed by atoms with Crippen LogP contribution in [0.5, 0.6) is 0 Å². The van der Waals surface area contributed by atoms with Gasteiger partial charge in [0.25, 0.3) is 0 Å². The lowest BCUT2D eigenvalue weighted by Gasteiger charge is -1.98. The van der Waals surface area contributed by atoms with Crippen LogP contribution in [0.4, 0.5) is 0 Å². The predicted molar refractivity (Wildman–Crippen MR) is 61.9 cm³/mol. The van der Waals surface area contributed by atoms with Gasteiger partial charge in [-0.3, -0.25) is 0 Å². The summed E-state index contributed by atoms with van der Waals surface area (Å²) in [5, 5.41) is 12.9. The molecule has 2 rings (SSSR count). The molecule has 2 aromatic heterocycles. The van der Waals surface area contributed by atoms with Gasteiger partial charge < -0.3 is 5.21 Å². The van der Waals surface area contributed by atoms with Crippen LogP contribution in [0.15, 0.2) is 23.9 Å². The molecule has 0 radical (unpaired) electrons. The van der Waals surface area contributed by atoms with Crippen molar-refractivity contribution in [2.24, 2.45) is 5.16 Å². The van der Waals surface area contributed by atoms with E-state index < -0.39 is 0 Å². The second kappa shape index (κ2) is 4.36. The Morgan fingerprint density at radius 1 is 1.38 bits per heavy atom. The van der Waals surface area contributed by atoms with Gasteiger partial charge in [-0.25, -0.2) is 15.0 Å². The Morgan fingerprint density at radius 2 is 2.06 bits per heavy atom. The summed E-state index contributed by atoms with van der Waals surface area (Å²) < 4.78 is 0. The molecular formula is C10H10N4OS. The molecular weight excluding hydrogens is 224 g/mol. The zero-order valence-electron chi connectivity index (χ0n) is 8.88. The SMILES string of the molecule is C/C(=N\O)c1sc(C)nc1-c1cncnc1. The predicted octanol–water partition coefficient (Wildman–Crippen LogP) is 2.11. The highest BCUT2D eigenvalue weighted by Gasteiger charge is 2.14. The lowest BCUT2D eigenvalue weighted by atomic mass is 10.2. The Balaban J connectivity index is 2.57. The van der Waals surface area contributed by atoms with Crippen molar-refractivity contribution in [3.63, 3.8) is 0 Å². The van der Waals surface area contributed by atoms with Gasteiger partial charge in [0.2, 0.25) is 0 Å². The molecule has 5 nitrogen and oxygen atoms in total. The maximum atomic E-state index is 8.80. The topological polar surface area (TPSA) is 71.3 Å². The van der Waals surface area contributed by atoms with Crippen molar-refractivity contribution in [2.75, 3.05) is 0 Å². The van der Waals surface area contributed by atoms with E-state index in [0.29, 0.717) is 5.71 Å². The molecule has 2 aromatic rings. The molecule has 0 saturated carbocycles. The van der Waals surface area contributed by atoms with Crippen LogP contribution in [0.2, 0.25) is 0 Å². The summed E-state index contributed by atoms with van der Waals surface area (Å²) in [4.78, 5) is 13.1. The van der Waals surface area contributed by atoms with Gasteiger partial charge in [0.05, 0.1) is 21.3 Å². The average Bonchev–Trinajstić information content (AvgIpc) is 2.71. The van der Waals surface area contributed by atoms with Crippen molar-refractivity contribution in [3.05, 3.63) is 28.6 Å². The minimum absolute atomic E-state index is 0.546. The average molecular weight is 234 g/mol. The molecule has 1 N–H and O–H groups in total. The number of aryl methyl sites for hydroxylation is 1. The zero-order valence-corrected chi connectivity index (χ0v) is 9.69. The largest absolute Gasteiger partial charge is 0.411 e. The van der Waals surface area contributed by atoms with E-state index in [1.54, 1.807) is 19.3 Å². The molecule has 0 unspecified atom stereocenters. The third-order valence-corrected chi connectivity index (χ3v) is 3.13. The highest BCUT2D eigenvalue weighted by molar-refractivity contribution is 7.14. The minimum atomic E-state index is 0.546. The fourth-order valence-electron chi connectivity index (χ4n) is 1.33. The maximum Gasteiger partial charge on any atom is 0.115 e. The quantitative estimate of drug-likeness (QED) is 0.490. The van der Waals surface area contributed by atoms with E-state index in [1.807, 2.05) is 6.92 Å². The Hall–Kier alpha value is -1.82. The first kappa shape index (κ1) is 10.7. The fraction of sp³-hybridized carbons (Fsp3) is 0.200.